The molecule has 0 spiro atoms. The summed E-state index contributed by atoms with van der Waals surface area (Å²) in [6, 6.07) is 20.2. The number of amides is 2. The average molecular weight is 375 g/mol. The van der Waals surface area contributed by atoms with Crippen LogP contribution in [-0.2, 0) is 9.59 Å². The molecule has 2 aromatic rings. The van der Waals surface area contributed by atoms with E-state index in [1.807, 2.05) is 50.5 Å². The van der Waals surface area contributed by atoms with Gasteiger partial charge in [-0.05, 0) is 11.1 Å². The zero-order valence-corrected chi connectivity index (χ0v) is 16.4. The van der Waals surface area contributed by atoms with Gasteiger partial charge >= 0.3 is 0 Å². The number of quaternary nitrogens is 1. The topological polar surface area (TPSA) is 41.8 Å². The van der Waals surface area contributed by atoms with Gasteiger partial charge in [-0.3, -0.25) is 14.5 Å². The van der Waals surface area contributed by atoms with Gasteiger partial charge in [0.1, 0.15) is 0 Å². The molecule has 4 nitrogen and oxygen atoms in total. The third-order valence-electron chi connectivity index (χ3n) is 5.99. The molecule has 1 saturated heterocycles. The van der Waals surface area contributed by atoms with Crippen LogP contribution in [0.3, 0.4) is 0 Å². The maximum atomic E-state index is 13.4. The Morgan fingerprint density at radius 3 is 1.57 bits per heavy atom. The predicted molar refractivity (Wildman–Crippen MR) is 109 cm³/mol. The number of imide groups is 1. The van der Waals surface area contributed by atoms with Crippen LogP contribution in [0, 0.1) is 11.8 Å². The first-order valence-electron chi connectivity index (χ1n) is 10.0. The highest BCUT2D eigenvalue weighted by Crippen LogP contribution is 2.49. The number of nitrogens with one attached hydrogen (secondary N) is 1. The van der Waals surface area contributed by atoms with E-state index in [2.05, 4.69) is 36.4 Å². The zero-order chi connectivity index (χ0) is 19.7. The molecule has 4 rings (SSSR count). The first-order valence-corrected chi connectivity index (χ1v) is 10.0. The molecule has 0 unspecified atom stereocenters. The van der Waals surface area contributed by atoms with Gasteiger partial charge in [-0.25, -0.2) is 0 Å². The normalized spacial score (nSPS) is 26.8. The Morgan fingerprint density at radius 2 is 1.18 bits per heavy atom. The number of carbonyl (C=O) groups excluding carboxylic acids is 2. The number of carbonyl (C=O) groups is 2. The molecule has 0 radical (unpaired) electrons. The van der Waals surface area contributed by atoms with Crippen LogP contribution in [0.2, 0.25) is 0 Å². The van der Waals surface area contributed by atoms with E-state index >= 15 is 0 Å². The van der Waals surface area contributed by atoms with Crippen molar-refractivity contribution in [2.24, 2.45) is 11.8 Å². The molecular formula is C24H27N2O2+. The lowest BCUT2D eigenvalue weighted by Crippen LogP contribution is -3.06. The van der Waals surface area contributed by atoms with Gasteiger partial charge in [0, 0.05) is 11.8 Å². The van der Waals surface area contributed by atoms with Gasteiger partial charge in [0.05, 0.1) is 39.0 Å². The Bertz CT molecular complexity index is 808. The third kappa shape index (κ3) is 3.29. The molecule has 2 amide bonds. The van der Waals surface area contributed by atoms with E-state index in [4.69, 9.17) is 0 Å². The van der Waals surface area contributed by atoms with Gasteiger partial charge in [-0.1, -0.05) is 72.8 Å². The average Bonchev–Trinajstić information content (AvgIpc) is 2.98. The van der Waals surface area contributed by atoms with Gasteiger partial charge in [-0.15, -0.1) is 0 Å². The number of fused-ring (bicyclic) bond motifs is 1. The molecule has 4 atom stereocenters. The monoisotopic (exact) mass is 375 g/mol. The molecule has 144 valence electrons. The third-order valence-corrected chi connectivity index (χ3v) is 5.99. The molecule has 1 aliphatic carbocycles. The van der Waals surface area contributed by atoms with Crippen molar-refractivity contribution < 1.29 is 14.5 Å². The molecular weight excluding hydrogens is 348 g/mol. The molecule has 1 heterocycles. The number of rotatable bonds is 5. The van der Waals surface area contributed by atoms with Crippen molar-refractivity contribution in [2.75, 3.05) is 27.2 Å². The van der Waals surface area contributed by atoms with E-state index < -0.39 is 0 Å². The zero-order valence-electron chi connectivity index (χ0n) is 16.4. The van der Waals surface area contributed by atoms with E-state index in [0.29, 0.717) is 6.54 Å². The molecule has 0 bridgehead atoms. The van der Waals surface area contributed by atoms with Crippen LogP contribution >= 0.6 is 0 Å². The van der Waals surface area contributed by atoms with Gasteiger partial charge in [-0.2, -0.15) is 0 Å². The molecule has 4 heteroatoms. The summed E-state index contributed by atoms with van der Waals surface area (Å²) in [5, 5.41) is 0. The second kappa shape index (κ2) is 7.72. The summed E-state index contributed by atoms with van der Waals surface area (Å²) < 4.78 is 0. The summed E-state index contributed by atoms with van der Waals surface area (Å²) in [4.78, 5) is 29.5. The van der Waals surface area contributed by atoms with Crippen molar-refractivity contribution in [3.8, 4) is 0 Å². The first kappa shape index (κ1) is 18.6. The molecule has 0 aromatic heterocycles. The predicted octanol–water partition coefficient (Wildman–Crippen LogP) is 1.87. The Kier molecular flexibility index (Phi) is 5.14. The summed E-state index contributed by atoms with van der Waals surface area (Å²) in [6.45, 7) is 1.24. The quantitative estimate of drug-likeness (QED) is 0.640. The molecule has 2 aliphatic rings. The van der Waals surface area contributed by atoms with Crippen LogP contribution in [0.1, 0.15) is 23.0 Å². The van der Waals surface area contributed by atoms with Crippen molar-refractivity contribution >= 4 is 11.8 Å². The van der Waals surface area contributed by atoms with Crippen LogP contribution < -0.4 is 4.90 Å². The number of hydrogen-bond acceptors (Lipinski definition) is 2. The minimum Gasteiger partial charge on any atom is -0.338 e. The Morgan fingerprint density at radius 1 is 0.750 bits per heavy atom. The van der Waals surface area contributed by atoms with Gasteiger partial charge in [0.15, 0.2) is 0 Å². The highest BCUT2D eigenvalue weighted by atomic mass is 16.2. The van der Waals surface area contributed by atoms with E-state index in [1.54, 1.807) is 0 Å². The second-order valence-electron chi connectivity index (χ2n) is 8.09. The summed E-state index contributed by atoms with van der Waals surface area (Å²) in [5.41, 5.74) is 2.20. The van der Waals surface area contributed by atoms with Gasteiger partial charge in [0.25, 0.3) is 0 Å². The Labute approximate surface area is 166 Å². The summed E-state index contributed by atoms with van der Waals surface area (Å²) in [5.74, 6) is -0.811. The smallest absolute Gasteiger partial charge is 0.234 e. The number of likely N-dealkylation sites (tertiary alicyclic amines) is 1. The maximum absolute atomic E-state index is 13.4. The highest BCUT2D eigenvalue weighted by Gasteiger charge is 2.54. The fourth-order valence-corrected chi connectivity index (χ4v) is 4.55. The fraction of sp³-hybridized carbons (Fsp3) is 0.333. The largest absolute Gasteiger partial charge is 0.338 e. The summed E-state index contributed by atoms with van der Waals surface area (Å²) in [7, 11) is 4.08. The van der Waals surface area contributed by atoms with Crippen molar-refractivity contribution in [3.63, 3.8) is 0 Å². The number of nitrogens with zero attached hydrogens (tertiary/aromatic N) is 1. The van der Waals surface area contributed by atoms with Crippen LogP contribution in [0.5, 0.6) is 0 Å². The standard InChI is InChI=1S/C24H26N2O2/c1-25(2)15-16-26-23(27)21-19(17-9-5-3-6-10-17)13-14-20(22(21)24(26)28)18-11-7-4-8-12-18/h3-14,19-22H,15-16H2,1-2H3/p+1/t19-,20+,21+,22-. The lowest BCUT2D eigenvalue weighted by atomic mass is 9.68. The fourth-order valence-electron chi connectivity index (χ4n) is 4.55. The van der Waals surface area contributed by atoms with Crippen LogP contribution in [0.15, 0.2) is 72.8 Å². The second-order valence-corrected chi connectivity index (χ2v) is 8.09. The number of likely N-dealkylation sites (N-methyl/N-ethyl adjacent to an activating group) is 1. The number of benzene rings is 2. The molecule has 28 heavy (non-hydrogen) atoms. The molecule has 0 saturated carbocycles. The van der Waals surface area contributed by atoms with E-state index in [1.165, 1.54) is 9.80 Å². The van der Waals surface area contributed by atoms with E-state index in [0.717, 1.165) is 17.7 Å². The van der Waals surface area contributed by atoms with Crippen molar-refractivity contribution in [1.82, 2.24) is 4.90 Å². The lowest BCUT2D eigenvalue weighted by Gasteiger charge is -2.32. The van der Waals surface area contributed by atoms with Crippen LogP contribution in [0.4, 0.5) is 0 Å². The van der Waals surface area contributed by atoms with E-state index in [9.17, 15) is 9.59 Å². The minimum absolute atomic E-state index is 0.0182. The molecule has 1 aliphatic heterocycles. The van der Waals surface area contributed by atoms with Crippen molar-refractivity contribution in [3.05, 3.63) is 83.9 Å². The molecule has 1 N–H and O–H groups in total. The van der Waals surface area contributed by atoms with Crippen molar-refractivity contribution in [2.45, 2.75) is 11.8 Å². The Hall–Kier alpha value is -2.72. The lowest BCUT2D eigenvalue weighted by molar-refractivity contribution is -0.857. The first-order chi connectivity index (χ1) is 13.6. The SMILES string of the molecule is C[NH+](C)CCN1C(=O)[C@@H]2[C@H](C1=O)[C@H](c1ccccc1)C=C[C@@H]2c1ccccc1. The number of hydrogen-bond donors (Lipinski definition) is 1. The molecule has 1 fully saturated rings. The van der Waals surface area contributed by atoms with Crippen LogP contribution in [-0.4, -0.2) is 43.9 Å². The summed E-state index contributed by atoms with van der Waals surface area (Å²) >= 11 is 0. The van der Waals surface area contributed by atoms with Crippen molar-refractivity contribution in [1.29, 1.82) is 0 Å². The maximum Gasteiger partial charge on any atom is 0.234 e. The number of allylic oxidation sites excluding steroid dienone is 2. The van der Waals surface area contributed by atoms with E-state index in [-0.39, 0.29) is 35.5 Å². The van der Waals surface area contributed by atoms with Crippen LogP contribution in [0.25, 0.3) is 0 Å². The highest BCUT2D eigenvalue weighted by molar-refractivity contribution is 6.06. The molecule has 2 aromatic carbocycles. The minimum atomic E-state index is -0.331. The van der Waals surface area contributed by atoms with Gasteiger partial charge < -0.3 is 4.90 Å². The van der Waals surface area contributed by atoms with Gasteiger partial charge in [0.2, 0.25) is 11.8 Å². The summed E-state index contributed by atoms with van der Waals surface area (Å²) in [6.07, 6.45) is 4.28. The Balaban J connectivity index is 1.75.